The summed E-state index contributed by atoms with van der Waals surface area (Å²) in [6, 6.07) is -0.465. The van der Waals surface area contributed by atoms with E-state index in [0.29, 0.717) is 24.1 Å². The minimum atomic E-state index is -0.640. The Morgan fingerprint density at radius 3 is 2.70 bits per heavy atom. The fraction of sp³-hybridized carbons (Fsp3) is 0.667. The molecule has 0 radical (unpaired) electrons. The van der Waals surface area contributed by atoms with Crippen molar-refractivity contribution in [2.24, 2.45) is 0 Å². The van der Waals surface area contributed by atoms with E-state index in [2.05, 4.69) is 19.9 Å². The molecule has 126 valence electrons. The number of hydrogen-bond acceptors (Lipinski definition) is 7. The molecule has 1 aliphatic rings. The Balaban J connectivity index is 1.96. The van der Waals surface area contributed by atoms with Gasteiger partial charge in [0.05, 0.1) is 31.2 Å². The lowest BCUT2D eigenvalue weighted by atomic mass is 9.98. The first-order valence-corrected chi connectivity index (χ1v) is 7.92. The van der Waals surface area contributed by atoms with Gasteiger partial charge in [-0.1, -0.05) is 0 Å². The fourth-order valence-electron chi connectivity index (χ4n) is 3.05. The van der Waals surface area contributed by atoms with Crippen molar-refractivity contribution in [3.05, 3.63) is 12.7 Å². The topological polar surface area (TPSA) is 108 Å². The third-order valence-corrected chi connectivity index (χ3v) is 4.52. The highest BCUT2D eigenvalue weighted by atomic mass is 16.3. The average molecular weight is 321 g/mol. The van der Waals surface area contributed by atoms with E-state index in [0.717, 1.165) is 25.2 Å². The van der Waals surface area contributed by atoms with E-state index < -0.39 is 11.6 Å². The summed E-state index contributed by atoms with van der Waals surface area (Å²) in [5, 5.41) is 29.0. The summed E-state index contributed by atoms with van der Waals surface area (Å²) < 4.78 is 1.68. The second-order valence-electron chi connectivity index (χ2n) is 6.38. The Hall–Kier alpha value is -1.77. The number of imidazole rings is 1. The molecule has 1 fully saturated rings. The van der Waals surface area contributed by atoms with Gasteiger partial charge in [0, 0.05) is 13.1 Å². The summed E-state index contributed by atoms with van der Waals surface area (Å²) in [4.78, 5) is 15.1. The van der Waals surface area contributed by atoms with Crippen LogP contribution in [0.2, 0.25) is 0 Å². The number of nitrogens with zero attached hydrogens (tertiary/aromatic N) is 5. The van der Waals surface area contributed by atoms with Crippen LogP contribution < -0.4 is 4.90 Å². The number of fused-ring (bicyclic) bond motifs is 1. The van der Waals surface area contributed by atoms with Crippen LogP contribution in [0, 0.1) is 0 Å². The molecular weight excluding hydrogens is 298 g/mol. The first-order valence-electron chi connectivity index (χ1n) is 7.92. The predicted molar refractivity (Wildman–Crippen MR) is 85.2 cm³/mol. The van der Waals surface area contributed by atoms with Gasteiger partial charge in [0.15, 0.2) is 17.0 Å². The number of rotatable bonds is 4. The summed E-state index contributed by atoms with van der Waals surface area (Å²) in [5.74, 6) is 0.737. The molecule has 0 saturated carbocycles. The van der Waals surface area contributed by atoms with Gasteiger partial charge in [-0.25, -0.2) is 15.0 Å². The SMILES string of the molecule is CC1(O)CCCN(c2ncnc3c2ncn3C(CO)CO)CC1. The Kier molecular flexibility index (Phi) is 4.47. The molecule has 0 spiro atoms. The summed E-state index contributed by atoms with van der Waals surface area (Å²) in [5.41, 5.74) is 0.610. The highest BCUT2D eigenvalue weighted by Crippen LogP contribution is 2.28. The number of aromatic nitrogens is 4. The maximum atomic E-state index is 10.2. The number of hydrogen-bond donors (Lipinski definition) is 3. The quantitative estimate of drug-likeness (QED) is 0.732. The molecule has 3 heterocycles. The largest absolute Gasteiger partial charge is 0.394 e. The van der Waals surface area contributed by atoms with Crippen molar-refractivity contribution in [2.75, 3.05) is 31.2 Å². The van der Waals surface area contributed by atoms with Crippen LogP contribution in [0.5, 0.6) is 0 Å². The van der Waals surface area contributed by atoms with Crippen LogP contribution in [0.4, 0.5) is 5.82 Å². The molecule has 2 aromatic rings. The maximum absolute atomic E-state index is 10.2. The third-order valence-electron chi connectivity index (χ3n) is 4.52. The van der Waals surface area contributed by atoms with Crippen molar-refractivity contribution in [1.82, 2.24) is 19.5 Å². The molecule has 1 unspecified atom stereocenters. The highest BCUT2D eigenvalue weighted by molar-refractivity contribution is 5.83. The van der Waals surface area contributed by atoms with E-state index >= 15 is 0 Å². The third kappa shape index (κ3) is 3.15. The summed E-state index contributed by atoms with van der Waals surface area (Å²) >= 11 is 0. The van der Waals surface area contributed by atoms with E-state index in [-0.39, 0.29) is 13.2 Å². The normalized spacial score (nSPS) is 22.7. The first-order chi connectivity index (χ1) is 11.1. The van der Waals surface area contributed by atoms with Crippen LogP contribution >= 0.6 is 0 Å². The summed E-state index contributed by atoms with van der Waals surface area (Å²) in [7, 11) is 0. The Morgan fingerprint density at radius 2 is 1.96 bits per heavy atom. The zero-order chi connectivity index (χ0) is 16.4. The molecule has 8 heteroatoms. The van der Waals surface area contributed by atoms with Crippen LogP contribution in [0.1, 0.15) is 32.2 Å². The van der Waals surface area contributed by atoms with Crippen LogP contribution in [0.15, 0.2) is 12.7 Å². The Bertz CT molecular complexity index is 668. The van der Waals surface area contributed by atoms with E-state index in [1.54, 1.807) is 10.9 Å². The average Bonchev–Trinajstić information content (AvgIpc) is 2.87. The van der Waals surface area contributed by atoms with Crippen molar-refractivity contribution < 1.29 is 15.3 Å². The van der Waals surface area contributed by atoms with Crippen molar-refractivity contribution >= 4 is 17.0 Å². The minimum Gasteiger partial charge on any atom is -0.394 e. The van der Waals surface area contributed by atoms with Gasteiger partial charge >= 0.3 is 0 Å². The monoisotopic (exact) mass is 321 g/mol. The standard InChI is InChI=1S/C15H23N5O3/c1-15(23)3-2-5-19(6-4-15)13-12-14(17-9-16-13)20(10-18-12)11(7-21)8-22/h9-11,21-23H,2-8H2,1H3. The fourth-order valence-corrected chi connectivity index (χ4v) is 3.05. The van der Waals surface area contributed by atoms with E-state index in [9.17, 15) is 15.3 Å². The number of aliphatic hydroxyl groups excluding tert-OH is 2. The van der Waals surface area contributed by atoms with Crippen LogP contribution in [0.25, 0.3) is 11.2 Å². The van der Waals surface area contributed by atoms with Crippen molar-refractivity contribution in [1.29, 1.82) is 0 Å². The Labute approximate surface area is 134 Å². The van der Waals surface area contributed by atoms with E-state index in [1.807, 2.05) is 6.92 Å². The molecule has 1 aliphatic heterocycles. The van der Waals surface area contributed by atoms with E-state index in [1.165, 1.54) is 6.33 Å². The number of anilines is 1. The molecule has 3 N–H and O–H groups in total. The van der Waals surface area contributed by atoms with Crippen LogP contribution in [-0.2, 0) is 0 Å². The van der Waals surface area contributed by atoms with Crippen molar-refractivity contribution in [3.63, 3.8) is 0 Å². The lowest BCUT2D eigenvalue weighted by molar-refractivity contribution is 0.0481. The molecule has 0 amide bonds. The first kappa shape index (κ1) is 16.1. The molecule has 23 heavy (non-hydrogen) atoms. The second kappa shape index (κ2) is 6.38. The molecule has 3 rings (SSSR count). The van der Waals surface area contributed by atoms with Gasteiger partial charge < -0.3 is 24.8 Å². The Morgan fingerprint density at radius 1 is 1.17 bits per heavy atom. The van der Waals surface area contributed by atoms with Crippen molar-refractivity contribution in [2.45, 2.75) is 37.8 Å². The van der Waals surface area contributed by atoms with E-state index in [4.69, 9.17) is 0 Å². The molecule has 0 aromatic carbocycles. The van der Waals surface area contributed by atoms with Crippen LogP contribution in [-0.4, -0.2) is 66.7 Å². The predicted octanol–water partition coefficient (Wildman–Crippen LogP) is 0.0933. The summed E-state index contributed by atoms with van der Waals surface area (Å²) in [6.45, 7) is 3.00. The minimum absolute atomic E-state index is 0.187. The zero-order valence-electron chi connectivity index (χ0n) is 13.3. The summed E-state index contributed by atoms with van der Waals surface area (Å²) in [6.07, 6.45) is 5.38. The zero-order valence-corrected chi connectivity index (χ0v) is 13.3. The lowest BCUT2D eigenvalue weighted by Crippen LogP contribution is -2.29. The van der Waals surface area contributed by atoms with Gasteiger partial charge in [0.1, 0.15) is 6.33 Å². The van der Waals surface area contributed by atoms with Gasteiger partial charge in [0.25, 0.3) is 0 Å². The smallest absolute Gasteiger partial charge is 0.165 e. The van der Waals surface area contributed by atoms with Crippen LogP contribution in [0.3, 0.4) is 0 Å². The molecule has 0 aliphatic carbocycles. The molecule has 2 aromatic heterocycles. The van der Waals surface area contributed by atoms with Gasteiger partial charge in [0.2, 0.25) is 0 Å². The van der Waals surface area contributed by atoms with Gasteiger partial charge in [-0.05, 0) is 26.2 Å². The molecule has 1 saturated heterocycles. The molecule has 8 nitrogen and oxygen atoms in total. The second-order valence-corrected chi connectivity index (χ2v) is 6.38. The molecule has 1 atom stereocenters. The molecular formula is C15H23N5O3. The van der Waals surface area contributed by atoms with Crippen molar-refractivity contribution in [3.8, 4) is 0 Å². The highest BCUT2D eigenvalue weighted by Gasteiger charge is 2.27. The van der Waals surface area contributed by atoms with Gasteiger partial charge in [-0.2, -0.15) is 0 Å². The van der Waals surface area contributed by atoms with Gasteiger partial charge in [-0.15, -0.1) is 0 Å². The van der Waals surface area contributed by atoms with Gasteiger partial charge in [-0.3, -0.25) is 0 Å². The number of aliphatic hydroxyl groups is 3. The molecule has 0 bridgehead atoms. The lowest BCUT2D eigenvalue weighted by Gasteiger charge is -2.23. The maximum Gasteiger partial charge on any atom is 0.165 e.